The van der Waals surface area contributed by atoms with Gasteiger partial charge in [0.15, 0.2) is 0 Å². The van der Waals surface area contributed by atoms with E-state index in [0.29, 0.717) is 6.61 Å². The summed E-state index contributed by atoms with van der Waals surface area (Å²) in [6.07, 6.45) is 1.04. The summed E-state index contributed by atoms with van der Waals surface area (Å²) in [5.74, 6) is 1.66. The first kappa shape index (κ1) is 23.9. The Bertz CT molecular complexity index is 1310. The molecule has 1 fully saturated rings. The van der Waals surface area contributed by atoms with Crippen molar-refractivity contribution in [3.8, 4) is 17.1 Å². The van der Waals surface area contributed by atoms with Crippen LogP contribution in [0.25, 0.3) is 22.4 Å². The number of aromatic nitrogens is 2. The summed E-state index contributed by atoms with van der Waals surface area (Å²) in [4.78, 5) is 24.5. The Kier molecular flexibility index (Phi) is 7.18. The van der Waals surface area contributed by atoms with Gasteiger partial charge in [-0.2, -0.15) is 0 Å². The predicted octanol–water partition coefficient (Wildman–Crippen LogP) is 4.95. The molecule has 1 aromatic heterocycles. The molecule has 0 saturated carbocycles. The third-order valence-corrected chi connectivity index (χ3v) is 6.69. The van der Waals surface area contributed by atoms with E-state index in [2.05, 4.69) is 69.5 Å². The van der Waals surface area contributed by atoms with Crippen molar-refractivity contribution in [2.75, 3.05) is 49.5 Å². The van der Waals surface area contributed by atoms with Gasteiger partial charge < -0.3 is 19.9 Å². The minimum atomic E-state index is -0.0755. The number of ether oxygens (including phenoxy) is 1. The van der Waals surface area contributed by atoms with Gasteiger partial charge in [0, 0.05) is 50.9 Å². The van der Waals surface area contributed by atoms with Crippen LogP contribution in [-0.4, -0.2) is 60.1 Å². The molecule has 3 aromatic carbocycles. The highest BCUT2D eigenvalue weighted by Crippen LogP contribution is 2.29. The lowest BCUT2D eigenvalue weighted by atomic mass is 10.1. The van der Waals surface area contributed by atoms with E-state index in [4.69, 9.17) is 9.72 Å². The first-order chi connectivity index (χ1) is 17.6. The fourth-order valence-corrected chi connectivity index (χ4v) is 4.65. The molecule has 0 aliphatic carbocycles. The summed E-state index contributed by atoms with van der Waals surface area (Å²) in [6, 6.07) is 22.5. The summed E-state index contributed by atoms with van der Waals surface area (Å²) in [7, 11) is 0. The first-order valence-electron chi connectivity index (χ1n) is 12.6. The Balaban J connectivity index is 1.16. The monoisotopic (exact) mass is 483 g/mol. The molecule has 36 heavy (non-hydrogen) atoms. The molecule has 0 unspecified atom stereocenters. The van der Waals surface area contributed by atoms with Gasteiger partial charge in [-0.3, -0.25) is 9.69 Å². The second-order valence-corrected chi connectivity index (χ2v) is 9.19. The van der Waals surface area contributed by atoms with Crippen molar-refractivity contribution in [3.63, 3.8) is 0 Å². The van der Waals surface area contributed by atoms with Crippen LogP contribution in [0.3, 0.4) is 0 Å². The van der Waals surface area contributed by atoms with E-state index >= 15 is 0 Å². The smallest absolute Gasteiger partial charge is 0.221 e. The van der Waals surface area contributed by atoms with Gasteiger partial charge in [-0.25, -0.2) is 4.98 Å². The van der Waals surface area contributed by atoms with Crippen molar-refractivity contribution in [1.82, 2.24) is 14.9 Å². The number of hydrogen-bond acceptors (Lipinski definition) is 5. The number of rotatable bonds is 8. The number of hydrogen-bond donors (Lipinski definition) is 2. The largest absolute Gasteiger partial charge is 0.492 e. The molecule has 0 radical (unpaired) electrons. The molecule has 5 rings (SSSR count). The molecule has 7 nitrogen and oxygen atoms in total. The minimum Gasteiger partial charge on any atom is -0.492 e. The molecule has 7 heteroatoms. The van der Waals surface area contributed by atoms with Gasteiger partial charge in [0.1, 0.15) is 23.7 Å². The van der Waals surface area contributed by atoms with Gasteiger partial charge >= 0.3 is 0 Å². The normalized spacial score (nSPS) is 14.2. The predicted molar refractivity (Wildman–Crippen MR) is 146 cm³/mol. The van der Waals surface area contributed by atoms with E-state index in [-0.39, 0.29) is 5.91 Å². The number of anilines is 2. The number of carbonyl (C=O) groups excluding carboxylic acids is 1. The van der Waals surface area contributed by atoms with E-state index in [1.54, 1.807) is 0 Å². The van der Waals surface area contributed by atoms with E-state index in [1.807, 2.05) is 24.3 Å². The lowest BCUT2D eigenvalue weighted by Gasteiger charge is -2.36. The highest BCUT2D eigenvalue weighted by atomic mass is 16.5. The van der Waals surface area contributed by atoms with E-state index in [1.165, 1.54) is 18.2 Å². The number of H-pyrrole nitrogens is 1. The van der Waals surface area contributed by atoms with Gasteiger partial charge in [-0.1, -0.05) is 37.3 Å². The molecule has 0 atom stereocenters. The van der Waals surface area contributed by atoms with Crippen molar-refractivity contribution in [2.45, 2.75) is 20.3 Å². The number of piperazine rings is 1. The first-order valence-corrected chi connectivity index (χ1v) is 12.6. The molecule has 1 saturated heterocycles. The molecule has 1 aliphatic rings. The third-order valence-electron chi connectivity index (χ3n) is 6.69. The Hall–Kier alpha value is -3.84. The minimum absolute atomic E-state index is 0.0755. The summed E-state index contributed by atoms with van der Waals surface area (Å²) in [5, 5.41) is 2.77. The third kappa shape index (κ3) is 5.52. The molecule has 4 aromatic rings. The number of aryl methyl sites for hydroxylation is 1. The second kappa shape index (κ2) is 10.8. The zero-order valence-corrected chi connectivity index (χ0v) is 21.0. The molecule has 0 spiro atoms. The number of para-hydroxylation sites is 1. The van der Waals surface area contributed by atoms with Crippen molar-refractivity contribution in [1.29, 1.82) is 0 Å². The average molecular weight is 484 g/mol. The van der Waals surface area contributed by atoms with Crippen molar-refractivity contribution in [2.24, 2.45) is 0 Å². The summed E-state index contributed by atoms with van der Waals surface area (Å²) in [6.45, 7) is 9.07. The van der Waals surface area contributed by atoms with Crippen molar-refractivity contribution >= 4 is 28.3 Å². The van der Waals surface area contributed by atoms with Crippen molar-refractivity contribution in [3.05, 3.63) is 72.3 Å². The standard InChI is InChI=1S/C29H33N5O2/c1-3-22-7-9-23(10-8-22)29-31-26-5-4-6-27(28(26)32-29)34-17-15-33(16-18-34)19-20-36-25-13-11-24(12-14-25)30-21(2)35/h4-14H,3,15-20H2,1-2H3,(H,30,35)(H,31,32). The van der Waals surface area contributed by atoms with Crippen LogP contribution in [0.2, 0.25) is 0 Å². The van der Waals surface area contributed by atoms with Crippen molar-refractivity contribution < 1.29 is 9.53 Å². The van der Waals surface area contributed by atoms with Crippen LogP contribution >= 0.6 is 0 Å². The maximum Gasteiger partial charge on any atom is 0.221 e. The fourth-order valence-electron chi connectivity index (χ4n) is 4.65. The van der Waals surface area contributed by atoms with Gasteiger partial charge in [0.2, 0.25) is 5.91 Å². The Morgan fingerprint density at radius 3 is 2.44 bits per heavy atom. The lowest BCUT2D eigenvalue weighted by Crippen LogP contribution is -2.47. The van der Waals surface area contributed by atoms with Crippen LogP contribution in [-0.2, 0) is 11.2 Å². The molecular formula is C29H33N5O2. The number of amides is 1. The Morgan fingerprint density at radius 1 is 1.00 bits per heavy atom. The van der Waals surface area contributed by atoms with E-state index in [9.17, 15) is 4.79 Å². The van der Waals surface area contributed by atoms with Crippen LogP contribution in [0.15, 0.2) is 66.7 Å². The van der Waals surface area contributed by atoms with Gasteiger partial charge in [0.25, 0.3) is 0 Å². The topological polar surface area (TPSA) is 73.5 Å². The molecule has 186 valence electrons. The highest BCUT2D eigenvalue weighted by Gasteiger charge is 2.20. The second-order valence-electron chi connectivity index (χ2n) is 9.19. The molecule has 2 heterocycles. The zero-order valence-electron chi connectivity index (χ0n) is 21.0. The zero-order chi connectivity index (χ0) is 24.9. The summed E-state index contributed by atoms with van der Waals surface area (Å²) >= 11 is 0. The van der Waals surface area contributed by atoms with Crippen LogP contribution in [0.4, 0.5) is 11.4 Å². The molecule has 1 amide bonds. The van der Waals surface area contributed by atoms with Crippen LogP contribution in [0.1, 0.15) is 19.4 Å². The lowest BCUT2D eigenvalue weighted by molar-refractivity contribution is -0.114. The Labute approximate surface area is 212 Å². The number of nitrogens with one attached hydrogen (secondary N) is 2. The summed E-state index contributed by atoms with van der Waals surface area (Å²) < 4.78 is 5.92. The molecular weight excluding hydrogens is 450 g/mol. The summed E-state index contributed by atoms with van der Waals surface area (Å²) in [5.41, 5.74) is 6.52. The number of nitrogens with zero attached hydrogens (tertiary/aromatic N) is 3. The number of benzene rings is 3. The number of carbonyl (C=O) groups is 1. The van der Waals surface area contributed by atoms with Crippen LogP contribution < -0.4 is 15.0 Å². The van der Waals surface area contributed by atoms with E-state index < -0.39 is 0 Å². The van der Waals surface area contributed by atoms with Gasteiger partial charge in [0.05, 0.1) is 11.2 Å². The average Bonchev–Trinajstić information content (AvgIpc) is 3.35. The quantitative estimate of drug-likeness (QED) is 0.371. The highest BCUT2D eigenvalue weighted by molar-refractivity contribution is 5.91. The van der Waals surface area contributed by atoms with E-state index in [0.717, 1.165) is 73.0 Å². The molecule has 0 bridgehead atoms. The van der Waals surface area contributed by atoms with Gasteiger partial charge in [-0.15, -0.1) is 0 Å². The maximum atomic E-state index is 11.1. The fraction of sp³-hybridized carbons (Fsp3) is 0.310. The van der Waals surface area contributed by atoms with Crippen LogP contribution in [0.5, 0.6) is 5.75 Å². The number of fused-ring (bicyclic) bond motifs is 1. The number of aromatic amines is 1. The molecule has 1 aliphatic heterocycles. The maximum absolute atomic E-state index is 11.1. The SMILES string of the molecule is CCc1ccc(-c2nc3c(N4CCN(CCOc5ccc(NC(C)=O)cc5)CC4)cccc3[nH]2)cc1. The van der Waals surface area contributed by atoms with Gasteiger partial charge in [-0.05, 0) is 48.4 Å². The molecule has 2 N–H and O–H groups in total. The van der Waals surface area contributed by atoms with Crippen LogP contribution in [0, 0.1) is 0 Å². The Morgan fingerprint density at radius 2 is 1.75 bits per heavy atom. The number of imidazole rings is 1.